The fourth-order valence-electron chi connectivity index (χ4n) is 0.942. The molecule has 1 aliphatic heterocycles. The van der Waals surface area contributed by atoms with Crippen LogP contribution in [0.1, 0.15) is 6.42 Å². The van der Waals surface area contributed by atoms with Gasteiger partial charge in [0.2, 0.25) is 0 Å². The molecular weight excluding hydrogens is 164 g/mol. The molecule has 3 heteroatoms. The molecule has 0 aromatic carbocycles. The van der Waals surface area contributed by atoms with Crippen LogP contribution in [0.2, 0.25) is 0 Å². The Morgan fingerprint density at radius 1 is 1.46 bits per heavy atom. The molecule has 3 nitrogen and oxygen atoms in total. The lowest BCUT2D eigenvalue weighted by molar-refractivity contribution is 0.229. The molecule has 1 aromatic heterocycles. The first-order valence-corrected chi connectivity index (χ1v) is 4.45. The molecule has 0 amide bonds. The van der Waals surface area contributed by atoms with Crippen LogP contribution in [0.4, 0.5) is 0 Å². The third kappa shape index (κ3) is 3.90. The minimum Gasteiger partial charge on any atom is -0.495 e. The first kappa shape index (κ1) is 9.99. The van der Waals surface area contributed by atoms with E-state index in [0.717, 1.165) is 5.75 Å². The Labute approximate surface area is 79.3 Å². The first-order chi connectivity index (χ1) is 6.33. The van der Waals surface area contributed by atoms with Gasteiger partial charge in [0.25, 0.3) is 0 Å². The second-order valence-corrected chi connectivity index (χ2v) is 3.05. The van der Waals surface area contributed by atoms with Gasteiger partial charge in [-0.2, -0.15) is 0 Å². The molecule has 2 heterocycles. The molecular formula is C10H16N2O. The Morgan fingerprint density at radius 3 is 2.38 bits per heavy atom. The molecule has 1 aromatic rings. The molecule has 72 valence electrons. The Morgan fingerprint density at radius 2 is 2.15 bits per heavy atom. The summed E-state index contributed by atoms with van der Waals surface area (Å²) in [4.78, 5) is 6.14. The average molecular weight is 180 g/mol. The van der Waals surface area contributed by atoms with Gasteiger partial charge in [-0.15, -0.1) is 0 Å². The molecule has 0 spiro atoms. The third-order valence-corrected chi connectivity index (χ3v) is 1.95. The maximum atomic E-state index is 4.85. The zero-order valence-electron chi connectivity index (χ0n) is 8.23. The number of methoxy groups -OCH3 is 1. The van der Waals surface area contributed by atoms with E-state index in [0.29, 0.717) is 0 Å². The van der Waals surface area contributed by atoms with Crippen LogP contribution in [0.25, 0.3) is 0 Å². The second kappa shape index (κ2) is 5.54. The van der Waals surface area contributed by atoms with Gasteiger partial charge in [0.15, 0.2) is 0 Å². The van der Waals surface area contributed by atoms with Crippen LogP contribution in [-0.2, 0) is 0 Å². The molecule has 0 aliphatic carbocycles. The largest absolute Gasteiger partial charge is 0.495 e. The highest BCUT2D eigenvalue weighted by atomic mass is 16.5. The van der Waals surface area contributed by atoms with E-state index in [9.17, 15) is 0 Å². The lowest BCUT2D eigenvalue weighted by Crippen LogP contribution is -2.32. The van der Waals surface area contributed by atoms with Gasteiger partial charge in [-0.05, 0) is 38.7 Å². The van der Waals surface area contributed by atoms with Crippen molar-refractivity contribution >= 4 is 0 Å². The summed E-state index contributed by atoms with van der Waals surface area (Å²) in [5.74, 6) is 0.799. The predicted octanol–water partition coefficient (Wildman–Crippen LogP) is 1.41. The van der Waals surface area contributed by atoms with Gasteiger partial charge in [0, 0.05) is 6.20 Å². The van der Waals surface area contributed by atoms with Gasteiger partial charge in [-0.3, -0.25) is 4.98 Å². The van der Waals surface area contributed by atoms with Gasteiger partial charge in [-0.1, -0.05) is 0 Å². The van der Waals surface area contributed by atoms with Gasteiger partial charge in [-0.25, -0.2) is 0 Å². The van der Waals surface area contributed by atoms with Gasteiger partial charge in [0.1, 0.15) is 5.75 Å². The van der Waals surface area contributed by atoms with Crippen LogP contribution in [-0.4, -0.2) is 37.1 Å². The first-order valence-electron chi connectivity index (χ1n) is 4.45. The summed E-state index contributed by atoms with van der Waals surface area (Å²) >= 11 is 0. The summed E-state index contributed by atoms with van der Waals surface area (Å²) in [5.41, 5.74) is 0. The van der Waals surface area contributed by atoms with E-state index in [2.05, 4.69) is 16.9 Å². The smallest absolute Gasteiger partial charge is 0.137 e. The van der Waals surface area contributed by atoms with E-state index in [4.69, 9.17) is 4.74 Å². The third-order valence-electron chi connectivity index (χ3n) is 1.95. The van der Waals surface area contributed by atoms with Gasteiger partial charge < -0.3 is 9.64 Å². The van der Waals surface area contributed by atoms with Crippen molar-refractivity contribution in [2.24, 2.45) is 0 Å². The van der Waals surface area contributed by atoms with Crippen LogP contribution in [0.15, 0.2) is 24.5 Å². The highest BCUT2D eigenvalue weighted by molar-refractivity contribution is 5.14. The maximum absolute atomic E-state index is 4.85. The maximum Gasteiger partial charge on any atom is 0.137 e. The molecule has 0 saturated carbocycles. The molecule has 1 aliphatic rings. The van der Waals surface area contributed by atoms with Crippen LogP contribution >= 0.6 is 0 Å². The van der Waals surface area contributed by atoms with Crippen molar-refractivity contribution in [3.05, 3.63) is 24.5 Å². The monoisotopic (exact) mass is 180 g/mol. The molecule has 1 fully saturated rings. The highest BCUT2D eigenvalue weighted by Crippen LogP contribution is 2.02. The van der Waals surface area contributed by atoms with Crippen LogP contribution in [0.3, 0.4) is 0 Å². The molecule has 0 unspecified atom stereocenters. The quantitative estimate of drug-likeness (QED) is 0.653. The minimum absolute atomic E-state index is 0.799. The number of rotatable bonds is 1. The fourth-order valence-corrected chi connectivity index (χ4v) is 0.942. The van der Waals surface area contributed by atoms with Crippen molar-refractivity contribution in [3.8, 4) is 5.75 Å². The molecule has 2 rings (SSSR count). The number of likely N-dealkylation sites (tertiary alicyclic amines) is 1. The molecule has 0 N–H and O–H groups in total. The summed E-state index contributed by atoms with van der Waals surface area (Å²) in [6.07, 6.45) is 4.79. The van der Waals surface area contributed by atoms with E-state index >= 15 is 0 Å². The number of pyridine rings is 1. The predicted molar refractivity (Wildman–Crippen MR) is 52.9 cm³/mol. The lowest BCUT2D eigenvalue weighted by Gasteiger charge is -2.24. The summed E-state index contributed by atoms with van der Waals surface area (Å²) in [6, 6.07) is 3.69. The summed E-state index contributed by atoms with van der Waals surface area (Å²) in [7, 11) is 3.76. The SMILES string of the molecule is CN1CCC1.COc1cccnc1. The van der Waals surface area contributed by atoms with Crippen molar-refractivity contribution in [3.63, 3.8) is 0 Å². The van der Waals surface area contributed by atoms with E-state index in [1.54, 1.807) is 19.5 Å². The second-order valence-electron chi connectivity index (χ2n) is 3.05. The molecule has 0 atom stereocenters. The van der Waals surface area contributed by atoms with E-state index in [-0.39, 0.29) is 0 Å². The fraction of sp³-hybridized carbons (Fsp3) is 0.500. The number of hydrogen-bond donors (Lipinski definition) is 0. The summed E-state index contributed by atoms with van der Waals surface area (Å²) < 4.78 is 4.85. The minimum atomic E-state index is 0.799. The van der Waals surface area contributed by atoms with Gasteiger partial charge >= 0.3 is 0 Å². The van der Waals surface area contributed by atoms with E-state index in [1.165, 1.54) is 19.5 Å². The van der Waals surface area contributed by atoms with Crippen LogP contribution < -0.4 is 4.74 Å². The Kier molecular flexibility index (Phi) is 4.26. The van der Waals surface area contributed by atoms with Crippen molar-refractivity contribution in [1.82, 2.24) is 9.88 Å². The number of aromatic nitrogens is 1. The Balaban J connectivity index is 0.000000145. The average Bonchev–Trinajstić information content (AvgIpc) is 2.17. The topological polar surface area (TPSA) is 25.4 Å². The molecule has 0 radical (unpaired) electrons. The van der Waals surface area contributed by atoms with E-state index < -0.39 is 0 Å². The number of nitrogens with zero attached hydrogens (tertiary/aromatic N) is 2. The normalized spacial score (nSPS) is 15.2. The zero-order chi connectivity index (χ0) is 9.52. The van der Waals surface area contributed by atoms with Crippen molar-refractivity contribution in [2.75, 3.05) is 27.2 Å². The van der Waals surface area contributed by atoms with E-state index in [1.807, 2.05) is 12.1 Å². The summed E-state index contributed by atoms with van der Waals surface area (Å²) in [6.45, 7) is 2.64. The number of hydrogen-bond acceptors (Lipinski definition) is 3. The molecule has 13 heavy (non-hydrogen) atoms. The van der Waals surface area contributed by atoms with Gasteiger partial charge in [0.05, 0.1) is 13.3 Å². The standard InChI is InChI=1S/C6H7NO.C4H9N/c1-8-6-3-2-4-7-5-6;1-5-3-2-4-5/h2-5H,1H3;2-4H2,1H3. The number of ether oxygens (including phenoxy) is 1. The molecule has 0 bridgehead atoms. The van der Waals surface area contributed by atoms with Crippen LogP contribution in [0, 0.1) is 0 Å². The highest BCUT2D eigenvalue weighted by Gasteiger charge is 2.04. The Bertz CT molecular complexity index is 222. The zero-order valence-corrected chi connectivity index (χ0v) is 8.23. The van der Waals surface area contributed by atoms with Crippen molar-refractivity contribution < 1.29 is 4.74 Å². The Hall–Kier alpha value is -1.09. The van der Waals surface area contributed by atoms with Crippen molar-refractivity contribution in [2.45, 2.75) is 6.42 Å². The van der Waals surface area contributed by atoms with Crippen LogP contribution in [0.5, 0.6) is 5.75 Å². The summed E-state index contributed by atoms with van der Waals surface area (Å²) in [5, 5.41) is 0. The van der Waals surface area contributed by atoms with Crippen molar-refractivity contribution in [1.29, 1.82) is 0 Å². The lowest BCUT2D eigenvalue weighted by atomic mass is 10.3. The molecule has 1 saturated heterocycles.